The van der Waals surface area contributed by atoms with Crippen LogP contribution in [0, 0.1) is 17.3 Å². The average molecular weight is 313 g/mol. The highest BCUT2D eigenvalue weighted by Crippen LogP contribution is 2.64. The van der Waals surface area contributed by atoms with Crippen LogP contribution in [0.4, 0.5) is 0 Å². The van der Waals surface area contributed by atoms with Crippen molar-refractivity contribution in [2.45, 2.75) is 37.9 Å². The fourth-order valence-corrected chi connectivity index (χ4v) is 5.12. The van der Waals surface area contributed by atoms with Crippen LogP contribution in [0.1, 0.15) is 26.7 Å². The van der Waals surface area contributed by atoms with Crippen molar-refractivity contribution in [1.29, 1.82) is 0 Å². The van der Waals surface area contributed by atoms with Crippen LogP contribution in [0.3, 0.4) is 0 Å². The Morgan fingerprint density at radius 1 is 1.33 bits per heavy atom. The molecule has 0 N–H and O–H groups in total. The van der Waals surface area contributed by atoms with E-state index in [9.17, 15) is 4.79 Å². The largest absolute Gasteiger partial charge is 0.374 e. The van der Waals surface area contributed by atoms with Crippen LogP contribution in [0.15, 0.2) is 10.6 Å². The van der Waals surface area contributed by atoms with Gasteiger partial charge in [-0.1, -0.05) is 22.0 Å². The highest BCUT2D eigenvalue weighted by atomic mass is 79.9. The van der Waals surface area contributed by atoms with Crippen LogP contribution in [0.25, 0.3) is 0 Å². The Bertz CT molecular complexity index is 477. The third kappa shape index (κ3) is 1.20. The lowest BCUT2D eigenvalue weighted by Crippen LogP contribution is -2.63. The van der Waals surface area contributed by atoms with E-state index in [4.69, 9.17) is 9.47 Å². The quantitative estimate of drug-likeness (QED) is 0.645. The molecule has 0 amide bonds. The molecule has 5 aliphatic rings. The maximum absolute atomic E-state index is 12.8. The van der Waals surface area contributed by atoms with Crippen LogP contribution < -0.4 is 0 Å². The van der Waals surface area contributed by atoms with Crippen LogP contribution in [-0.4, -0.2) is 30.2 Å². The summed E-state index contributed by atoms with van der Waals surface area (Å²) in [4.78, 5) is 12.8. The monoisotopic (exact) mass is 312 g/mol. The van der Waals surface area contributed by atoms with Gasteiger partial charge < -0.3 is 9.47 Å². The Balaban J connectivity index is 1.82. The molecule has 3 aliphatic carbocycles. The van der Waals surface area contributed by atoms with Crippen molar-refractivity contribution in [3.05, 3.63) is 10.6 Å². The zero-order valence-electron chi connectivity index (χ0n) is 10.7. The Morgan fingerprint density at radius 2 is 2.06 bits per heavy atom. The SMILES string of the molecule is CC1(C)CC2CC3C(Br)=C[C@]2(CO1)C(=O)[C@@]31CO1. The summed E-state index contributed by atoms with van der Waals surface area (Å²) in [7, 11) is 0. The van der Waals surface area contributed by atoms with Crippen molar-refractivity contribution in [1.82, 2.24) is 0 Å². The van der Waals surface area contributed by atoms with Gasteiger partial charge in [-0.05, 0) is 37.1 Å². The molecular formula is C14H17BrO3. The smallest absolute Gasteiger partial charge is 0.180 e. The summed E-state index contributed by atoms with van der Waals surface area (Å²) in [6.07, 6.45) is 4.13. The summed E-state index contributed by atoms with van der Waals surface area (Å²) < 4.78 is 12.7. The highest BCUT2D eigenvalue weighted by Gasteiger charge is 2.72. The standard InChI is InChI=1S/C14H17BrO3/c1-12(2)4-8-3-9-10(15)5-13(8,6-17-12)11(16)14(9)7-18-14/h5,8-9H,3-4,6-7H2,1-2H3/t8?,9?,13-,14-/m1/s1. The van der Waals surface area contributed by atoms with E-state index in [-0.39, 0.29) is 17.3 Å². The average Bonchev–Trinajstić information content (AvgIpc) is 3.06. The predicted octanol–water partition coefficient (Wildman–Crippen LogP) is 2.44. The van der Waals surface area contributed by atoms with Gasteiger partial charge in [0, 0.05) is 5.92 Å². The number of hydrogen-bond acceptors (Lipinski definition) is 3. The summed E-state index contributed by atoms with van der Waals surface area (Å²) in [5.41, 5.74) is -1.04. The summed E-state index contributed by atoms with van der Waals surface area (Å²) in [5, 5.41) is 0. The van der Waals surface area contributed by atoms with Gasteiger partial charge in [0.1, 0.15) is 0 Å². The summed E-state index contributed by atoms with van der Waals surface area (Å²) in [5.74, 6) is 0.926. The molecule has 3 fully saturated rings. The van der Waals surface area contributed by atoms with E-state index < -0.39 is 11.0 Å². The van der Waals surface area contributed by atoms with Crippen molar-refractivity contribution in [3.63, 3.8) is 0 Å². The minimum Gasteiger partial charge on any atom is -0.374 e. The lowest BCUT2D eigenvalue weighted by molar-refractivity contribution is -0.175. The van der Waals surface area contributed by atoms with Gasteiger partial charge in [-0.3, -0.25) is 4.79 Å². The number of rotatable bonds is 0. The van der Waals surface area contributed by atoms with Crippen molar-refractivity contribution in [3.8, 4) is 0 Å². The first-order chi connectivity index (χ1) is 8.40. The van der Waals surface area contributed by atoms with Crippen molar-refractivity contribution < 1.29 is 14.3 Å². The van der Waals surface area contributed by atoms with Crippen molar-refractivity contribution in [2.75, 3.05) is 13.2 Å². The van der Waals surface area contributed by atoms with E-state index in [0.29, 0.717) is 19.1 Å². The minimum atomic E-state index is -0.505. The Labute approximate surface area is 115 Å². The van der Waals surface area contributed by atoms with Crippen molar-refractivity contribution in [2.24, 2.45) is 17.3 Å². The third-order valence-corrected chi connectivity index (χ3v) is 6.02. The molecule has 4 heteroatoms. The molecule has 18 heavy (non-hydrogen) atoms. The minimum absolute atomic E-state index is 0.106. The van der Waals surface area contributed by atoms with E-state index in [1.165, 1.54) is 0 Å². The maximum atomic E-state index is 12.8. The second-order valence-electron chi connectivity index (χ2n) is 6.81. The first-order valence-electron chi connectivity index (χ1n) is 6.61. The molecule has 1 saturated carbocycles. The second-order valence-corrected chi connectivity index (χ2v) is 7.73. The number of carbonyl (C=O) groups is 1. The summed E-state index contributed by atoms with van der Waals surface area (Å²) >= 11 is 3.65. The van der Waals surface area contributed by atoms with Gasteiger partial charge in [0.15, 0.2) is 11.4 Å². The number of epoxide rings is 1. The molecule has 3 nitrogen and oxygen atoms in total. The third-order valence-electron chi connectivity index (χ3n) is 5.24. The molecule has 4 atom stereocenters. The highest BCUT2D eigenvalue weighted by molar-refractivity contribution is 9.11. The normalized spacial score (nSPS) is 52.2. The topological polar surface area (TPSA) is 38.8 Å². The molecule has 2 heterocycles. The van der Waals surface area contributed by atoms with Gasteiger partial charge in [-0.15, -0.1) is 0 Å². The van der Waals surface area contributed by atoms with E-state index in [1.807, 2.05) is 0 Å². The van der Waals surface area contributed by atoms with E-state index >= 15 is 0 Å². The Morgan fingerprint density at radius 3 is 2.72 bits per heavy atom. The molecule has 98 valence electrons. The molecule has 2 unspecified atom stereocenters. The van der Waals surface area contributed by atoms with Crippen LogP contribution in [0.2, 0.25) is 0 Å². The first kappa shape index (κ1) is 11.6. The fourth-order valence-electron chi connectivity index (χ4n) is 4.16. The molecule has 0 aromatic carbocycles. The van der Waals surface area contributed by atoms with E-state index in [0.717, 1.165) is 17.3 Å². The van der Waals surface area contributed by atoms with E-state index in [2.05, 4.69) is 35.9 Å². The zero-order valence-corrected chi connectivity index (χ0v) is 12.2. The summed E-state index contributed by atoms with van der Waals surface area (Å²) in [6.45, 7) is 5.34. The molecule has 0 aromatic heterocycles. The molecule has 5 rings (SSSR count). The number of carbonyl (C=O) groups excluding carboxylic acids is 1. The first-order valence-corrected chi connectivity index (χ1v) is 7.40. The number of ketones is 1. The Kier molecular flexibility index (Phi) is 2.00. The van der Waals surface area contributed by atoms with Crippen LogP contribution >= 0.6 is 15.9 Å². The number of Topliss-reactive ketones (excluding diaryl/α,β-unsaturated/α-hetero) is 1. The Hall–Kier alpha value is -0.190. The molecule has 0 radical (unpaired) electrons. The van der Waals surface area contributed by atoms with Gasteiger partial charge in [0.2, 0.25) is 0 Å². The molecular weight excluding hydrogens is 296 g/mol. The fraction of sp³-hybridized carbons (Fsp3) is 0.786. The van der Waals surface area contributed by atoms with Gasteiger partial charge in [0.25, 0.3) is 0 Å². The van der Waals surface area contributed by atoms with Crippen molar-refractivity contribution >= 4 is 21.7 Å². The molecule has 2 aliphatic heterocycles. The molecule has 2 bridgehead atoms. The molecule has 2 saturated heterocycles. The number of hydrogen-bond donors (Lipinski definition) is 0. The molecule has 2 spiro atoms. The predicted molar refractivity (Wildman–Crippen MR) is 69.4 cm³/mol. The lowest BCUT2D eigenvalue weighted by Gasteiger charge is -2.56. The lowest BCUT2D eigenvalue weighted by atomic mass is 9.52. The van der Waals surface area contributed by atoms with Gasteiger partial charge in [-0.2, -0.15) is 0 Å². The van der Waals surface area contributed by atoms with Gasteiger partial charge in [0.05, 0.1) is 24.2 Å². The van der Waals surface area contributed by atoms with Gasteiger partial charge in [-0.25, -0.2) is 0 Å². The number of halogens is 1. The molecule has 0 aromatic rings. The van der Waals surface area contributed by atoms with Crippen LogP contribution in [0.5, 0.6) is 0 Å². The maximum Gasteiger partial charge on any atom is 0.180 e. The summed E-state index contributed by atoms with van der Waals surface area (Å²) in [6, 6.07) is 0. The van der Waals surface area contributed by atoms with Crippen LogP contribution in [-0.2, 0) is 14.3 Å². The zero-order chi connectivity index (χ0) is 12.8. The number of ether oxygens (including phenoxy) is 2. The van der Waals surface area contributed by atoms with E-state index in [1.54, 1.807) is 0 Å². The second kappa shape index (κ2) is 3.10. The van der Waals surface area contributed by atoms with Gasteiger partial charge >= 0.3 is 0 Å².